The number of thiophene rings is 1. The molecule has 0 bridgehead atoms. The molecule has 2 aliphatic rings. The monoisotopic (exact) mass is 408 g/mol. The second-order valence-electron chi connectivity index (χ2n) is 7.29. The van der Waals surface area contributed by atoms with Crippen molar-refractivity contribution in [1.29, 1.82) is 0 Å². The molecule has 0 saturated heterocycles. The number of hydrogen-bond acceptors (Lipinski definition) is 5. The van der Waals surface area contributed by atoms with Crippen LogP contribution in [0.5, 0.6) is 11.5 Å². The molecule has 0 aliphatic carbocycles. The van der Waals surface area contributed by atoms with Crippen molar-refractivity contribution < 1.29 is 19.5 Å². The third-order valence-electron chi connectivity index (χ3n) is 5.37. The van der Waals surface area contributed by atoms with Gasteiger partial charge in [0.1, 0.15) is 17.7 Å². The van der Waals surface area contributed by atoms with E-state index in [0.29, 0.717) is 16.6 Å². The zero-order valence-electron chi connectivity index (χ0n) is 15.5. The van der Waals surface area contributed by atoms with Crippen LogP contribution in [0.3, 0.4) is 0 Å². The molecule has 2 atom stereocenters. The van der Waals surface area contributed by atoms with Crippen molar-refractivity contribution in [3.05, 3.63) is 38.7 Å². The molecule has 2 aliphatic heterocycles. The largest absolute Gasteiger partial charge is 0.504 e. The van der Waals surface area contributed by atoms with Gasteiger partial charge in [-0.2, -0.15) is 0 Å². The van der Waals surface area contributed by atoms with Crippen molar-refractivity contribution in [1.82, 2.24) is 5.32 Å². The second kappa shape index (κ2) is 6.89. The van der Waals surface area contributed by atoms with Gasteiger partial charge in [-0.1, -0.05) is 11.6 Å². The third-order valence-corrected chi connectivity index (χ3v) is 6.75. The fourth-order valence-corrected chi connectivity index (χ4v) is 5.37. The molecule has 6 nitrogen and oxygen atoms in total. The number of ether oxygens (including phenoxy) is 1. The van der Waals surface area contributed by atoms with E-state index in [9.17, 15) is 9.90 Å². The highest BCUT2D eigenvalue weighted by Crippen LogP contribution is 2.42. The highest BCUT2D eigenvalue weighted by Gasteiger charge is 2.36. The molecule has 1 aromatic carbocycles. The maximum atomic E-state index is 12.9. The molecule has 1 unspecified atom stereocenters. The first-order valence-corrected chi connectivity index (χ1v) is 10.2. The van der Waals surface area contributed by atoms with Gasteiger partial charge in [-0.15, -0.1) is 11.3 Å². The maximum absolute atomic E-state index is 12.9. The van der Waals surface area contributed by atoms with E-state index >= 15 is 0 Å². The molecule has 144 valence electrons. The predicted octanol–water partition coefficient (Wildman–Crippen LogP) is 2.32. The number of rotatable bonds is 3. The van der Waals surface area contributed by atoms with Crippen molar-refractivity contribution in [2.45, 2.75) is 39.0 Å². The van der Waals surface area contributed by atoms with Gasteiger partial charge in [-0.05, 0) is 25.5 Å². The Balaban J connectivity index is 1.69. The summed E-state index contributed by atoms with van der Waals surface area (Å²) < 4.78 is 5.18. The van der Waals surface area contributed by atoms with Gasteiger partial charge in [-0.25, -0.2) is 0 Å². The van der Waals surface area contributed by atoms with Crippen LogP contribution in [0.1, 0.15) is 46.4 Å². The minimum absolute atomic E-state index is 0.0279. The molecule has 0 saturated carbocycles. The SMILES string of the molecule is COc1cc(Cl)cc([C@@H]2NC(=O)c3c(sc4c3CC[NH+](C(C)C)C4)N2)c1O. The molecule has 4 N–H and O–H groups in total. The highest BCUT2D eigenvalue weighted by atomic mass is 35.5. The number of hydrogen-bond donors (Lipinski definition) is 4. The van der Waals surface area contributed by atoms with Crippen LogP contribution in [0.4, 0.5) is 5.00 Å². The molecule has 0 radical (unpaired) electrons. The van der Waals surface area contributed by atoms with E-state index in [0.717, 1.165) is 35.6 Å². The maximum Gasteiger partial charge on any atom is 0.256 e. The molecule has 8 heteroatoms. The summed E-state index contributed by atoms with van der Waals surface area (Å²) >= 11 is 7.80. The summed E-state index contributed by atoms with van der Waals surface area (Å²) in [4.78, 5) is 15.7. The zero-order chi connectivity index (χ0) is 19.3. The average Bonchev–Trinajstić information content (AvgIpc) is 3.01. The summed E-state index contributed by atoms with van der Waals surface area (Å²) in [5, 5.41) is 18.1. The number of quaternary nitrogens is 1. The lowest BCUT2D eigenvalue weighted by Gasteiger charge is -2.29. The fraction of sp³-hybridized carbons (Fsp3) is 0.421. The average molecular weight is 409 g/mol. The van der Waals surface area contributed by atoms with Crippen molar-refractivity contribution in [3.8, 4) is 11.5 Å². The Kier molecular flexibility index (Phi) is 4.70. The normalized spacial score (nSPS) is 21.3. The molecule has 1 amide bonds. The predicted molar refractivity (Wildman–Crippen MR) is 106 cm³/mol. The molecule has 3 heterocycles. The van der Waals surface area contributed by atoms with E-state index in [4.69, 9.17) is 16.3 Å². The number of phenols is 1. The van der Waals surface area contributed by atoms with E-state index < -0.39 is 6.17 Å². The summed E-state index contributed by atoms with van der Waals surface area (Å²) in [5.41, 5.74) is 2.40. The van der Waals surface area contributed by atoms with Gasteiger partial charge in [-0.3, -0.25) is 4.79 Å². The number of halogens is 1. The zero-order valence-corrected chi connectivity index (χ0v) is 17.1. The van der Waals surface area contributed by atoms with Crippen LogP contribution >= 0.6 is 22.9 Å². The lowest BCUT2D eigenvalue weighted by atomic mass is 9.99. The van der Waals surface area contributed by atoms with E-state index in [1.54, 1.807) is 23.5 Å². The number of amides is 1. The molecular formula is C19H23ClN3O3S+. The van der Waals surface area contributed by atoms with Crippen LogP contribution in [0.15, 0.2) is 12.1 Å². The Hall–Kier alpha value is -1.96. The standard InChI is InChI=1S/C19H22ClN3O3S/c1-9(2)23-5-4-11-14(8-23)27-19-15(11)18(25)21-17(22-19)12-6-10(20)7-13(26-3)16(12)24/h6-7,9,17,22,24H,4-5,8H2,1-3H3,(H,21,25)/p+1/t17-/m1/s1. The summed E-state index contributed by atoms with van der Waals surface area (Å²) in [6, 6.07) is 3.74. The Bertz CT molecular complexity index is 912. The number of anilines is 1. The minimum Gasteiger partial charge on any atom is -0.504 e. The minimum atomic E-state index is -0.564. The van der Waals surface area contributed by atoms with E-state index in [2.05, 4.69) is 24.5 Å². The molecule has 0 spiro atoms. The number of fused-ring (bicyclic) bond motifs is 3. The molecular weight excluding hydrogens is 386 g/mol. The van der Waals surface area contributed by atoms with E-state index in [-0.39, 0.29) is 17.4 Å². The van der Waals surface area contributed by atoms with Gasteiger partial charge in [0.25, 0.3) is 5.91 Å². The van der Waals surface area contributed by atoms with Crippen LogP contribution in [0, 0.1) is 0 Å². The quantitative estimate of drug-likeness (QED) is 0.628. The van der Waals surface area contributed by atoms with Gasteiger partial charge >= 0.3 is 0 Å². The highest BCUT2D eigenvalue weighted by molar-refractivity contribution is 7.16. The van der Waals surface area contributed by atoms with Gasteiger partial charge < -0.3 is 25.4 Å². The third kappa shape index (κ3) is 3.13. The number of phenolic OH excluding ortho intramolecular Hbond substituents is 1. The Labute approximate surface area is 167 Å². The van der Waals surface area contributed by atoms with Crippen molar-refractivity contribution in [3.63, 3.8) is 0 Å². The number of carbonyl (C=O) groups excluding carboxylic acids is 1. The van der Waals surface area contributed by atoms with Crippen LogP contribution in [-0.4, -0.2) is 30.7 Å². The first kappa shape index (κ1) is 18.4. The van der Waals surface area contributed by atoms with E-state index in [1.165, 1.54) is 16.9 Å². The number of aromatic hydroxyl groups is 1. The van der Waals surface area contributed by atoms with Crippen molar-refractivity contribution in [2.75, 3.05) is 19.0 Å². The summed E-state index contributed by atoms with van der Waals surface area (Å²) in [6.45, 7) is 6.44. The number of benzene rings is 1. The van der Waals surface area contributed by atoms with E-state index in [1.807, 2.05) is 0 Å². The van der Waals surface area contributed by atoms with Gasteiger partial charge in [0, 0.05) is 23.1 Å². The summed E-state index contributed by atoms with van der Waals surface area (Å²) in [5.74, 6) is 0.137. The molecule has 4 rings (SSSR count). The topological polar surface area (TPSA) is 75.0 Å². The molecule has 0 fully saturated rings. The number of carbonyl (C=O) groups is 1. The van der Waals surface area contributed by atoms with Crippen molar-refractivity contribution in [2.24, 2.45) is 0 Å². The first-order valence-electron chi connectivity index (χ1n) is 9.02. The van der Waals surface area contributed by atoms with Crippen LogP contribution < -0.4 is 20.3 Å². The van der Waals surface area contributed by atoms with Crippen molar-refractivity contribution >= 4 is 33.8 Å². The van der Waals surface area contributed by atoms with Crippen LogP contribution in [0.25, 0.3) is 0 Å². The first-order chi connectivity index (χ1) is 12.9. The number of methoxy groups -OCH3 is 1. The van der Waals surface area contributed by atoms with Crippen LogP contribution in [-0.2, 0) is 13.0 Å². The molecule has 27 heavy (non-hydrogen) atoms. The van der Waals surface area contributed by atoms with Crippen LogP contribution in [0.2, 0.25) is 5.02 Å². The Morgan fingerprint density at radius 3 is 2.85 bits per heavy atom. The molecule has 2 aromatic rings. The fourth-order valence-electron chi connectivity index (χ4n) is 3.83. The van der Waals surface area contributed by atoms with Gasteiger partial charge in [0.2, 0.25) is 0 Å². The Morgan fingerprint density at radius 1 is 1.37 bits per heavy atom. The Morgan fingerprint density at radius 2 is 2.15 bits per heavy atom. The lowest BCUT2D eigenvalue weighted by Crippen LogP contribution is -3.14. The summed E-state index contributed by atoms with van der Waals surface area (Å²) in [7, 11) is 1.47. The lowest BCUT2D eigenvalue weighted by molar-refractivity contribution is -0.936. The number of nitrogens with one attached hydrogen (secondary N) is 3. The second-order valence-corrected chi connectivity index (χ2v) is 8.84. The molecule has 1 aromatic heterocycles. The smallest absolute Gasteiger partial charge is 0.256 e. The summed E-state index contributed by atoms with van der Waals surface area (Å²) in [6.07, 6.45) is 0.344. The van der Waals surface area contributed by atoms with Gasteiger partial charge in [0.05, 0.1) is 30.1 Å². The van der Waals surface area contributed by atoms with Gasteiger partial charge in [0.15, 0.2) is 11.5 Å².